The lowest BCUT2D eigenvalue weighted by Gasteiger charge is -2.18. The number of hydrogen-bond donors (Lipinski definition) is 0. The van der Waals surface area contributed by atoms with Crippen LogP contribution in [-0.2, 0) is 16.6 Å². The molecule has 0 aliphatic heterocycles. The largest absolute Gasteiger partial charge is 0.300 e. The third kappa shape index (κ3) is 3.74. The highest BCUT2D eigenvalue weighted by Gasteiger charge is 2.16. The Hall–Kier alpha value is -0.700. The van der Waals surface area contributed by atoms with E-state index in [1.807, 2.05) is 12.1 Å². The van der Waals surface area contributed by atoms with Gasteiger partial charge in [-0.2, -0.15) is 0 Å². The first-order valence-electron chi connectivity index (χ1n) is 4.95. The molecule has 1 aromatic heterocycles. The molecule has 0 radical (unpaired) electrons. The maximum absolute atomic E-state index is 11.0. The van der Waals surface area contributed by atoms with E-state index in [-0.39, 0.29) is 11.2 Å². The number of carbonyl (C=O) groups is 1. The van der Waals surface area contributed by atoms with E-state index < -0.39 is 0 Å². The SMILES string of the molecule is CC(=O)Cc1cc(Br)nc(C(C)(C)C)c1. The molecular formula is C12H16BrNO. The molecule has 0 unspecified atom stereocenters. The number of rotatable bonds is 2. The second-order valence-corrected chi connectivity index (χ2v) is 5.62. The van der Waals surface area contributed by atoms with Crippen molar-refractivity contribution in [2.24, 2.45) is 0 Å². The number of carbonyl (C=O) groups excluding carboxylic acids is 1. The van der Waals surface area contributed by atoms with Crippen LogP contribution in [0.4, 0.5) is 0 Å². The second-order valence-electron chi connectivity index (χ2n) is 4.81. The van der Waals surface area contributed by atoms with Crippen LogP contribution in [0.5, 0.6) is 0 Å². The molecule has 0 aliphatic rings. The van der Waals surface area contributed by atoms with Crippen molar-refractivity contribution in [3.05, 3.63) is 28.0 Å². The summed E-state index contributed by atoms with van der Waals surface area (Å²) < 4.78 is 0.797. The molecule has 0 atom stereocenters. The van der Waals surface area contributed by atoms with Crippen LogP contribution in [0.25, 0.3) is 0 Å². The highest BCUT2D eigenvalue weighted by atomic mass is 79.9. The minimum absolute atomic E-state index is 0.00925. The molecule has 2 nitrogen and oxygen atoms in total. The zero-order valence-electron chi connectivity index (χ0n) is 9.60. The van der Waals surface area contributed by atoms with E-state index in [1.54, 1.807) is 6.92 Å². The van der Waals surface area contributed by atoms with E-state index in [0.29, 0.717) is 6.42 Å². The van der Waals surface area contributed by atoms with Crippen LogP contribution in [0.3, 0.4) is 0 Å². The molecule has 1 rings (SSSR count). The Morgan fingerprint density at radius 2 is 2.00 bits per heavy atom. The number of ketones is 1. The van der Waals surface area contributed by atoms with Gasteiger partial charge in [0.15, 0.2) is 0 Å². The lowest BCUT2D eigenvalue weighted by atomic mass is 9.90. The standard InChI is InChI=1S/C12H16BrNO/c1-8(15)5-9-6-10(12(2,3)4)14-11(13)7-9/h6-7H,5H2,1-4H3. The molecule has 82 valence electrons. The third-order valence-corrected chi connectivity index (χ3v) is 2.48. The third-order valence-electron chi connectivity index (χ3n) is 2.08. The maximum atomic E-state index is 11.0. The number of pyridine rings is 1. The van der Waals surface area contributed by atoms with E-state index in [0.717, 1.165) is 15.9 Å². The highest BCUT2D eigenvalue weighted by Crippen LogP contribution is 2.23. The maximum Gasteiger partial charge on any atom is 0.134 e. The smallest absolute Gasteiger partial charge is 0.134 e. The van der Waals surface area contributed by atoms with Crippen molar-refractivity contribution in [1.29, 1.82) is 0 Å². The summed E-state index contributed by atoms with van der Waals surface area (Å²) in [7, 11) is 0. The van der Waals surface area contributed by atoms with Crippen LogP contribution in [0.2, 0.25) is 0 Å². The Morgan fingerprint density at radius 3 is 2.47 bits per heavy atom. The zero-order chi connectivity index (χ0) is 11.6. The van der Waals surface area contributed by atoms with Crippen LogP contribution in [0.1, 0.15) is 39.0 Å². The first-order chi connectivity index (χ1) is 6.79. The fourth-order valence-corrected chi connectivity index (χ4v) is 1.81. The lowest BCUT2D eigenvalue weighted by Crippen LogP contribution is -2.14. The molecule has 1 heterocycles. The quantitative estimate of drug-likeness (QED) is 0.772. The van der Waals surface area contributed by atoms with E-state index >= 15 is 0 Å². The van der Waals surface area contributed by atoms with Gasteiger partial charge < -0.3 is 0 Å². The topological polar surface area (TPSA) is 30.0 Å². The normalized spacial score (nSPS) is 11.5. The average Bonchev–Trinajstić information content (AvgIpc) is 1.99. The monoisotopic (exact) mass is 269 g/mol. The van der Waals surface area contributed by atoms with E-state index in [2.05, 4.69) is 41.7 Å². The van der Waals surface area contributed by atoms with Crippen LogP contribution in [0.15, 0.2) is 16.7 Å². The van der Waals surface area contributed by atoms with Crippen LogP contribution in [-0.4, -0.2) is 10.8 Å². The summed E-state index contributed by atoms with van der Waals surface area (Å²) in [5.41, 5.74) is 2.04. The number of aromatic nitrogens is 1. The van der Waals surface area contributed by atoms with Gasteiger partial charge in [0.2, 0.25) is 0 Å². The minimum atomic E-state index is 0.00925. The van der Waals surface area contributed by atoms with Crippen LogP contribution >= 0.6 is 15.9 Å². The van der Waals surface area contributed by atoms with Crippen LogP contribution in [0, 0.1) is 0 Å². The second kappa shape index (κ2) is 4.44. The molecule has 3 heteroatoms. The molecule has 0 fully saturated rings. The fraction of sp³-hybridized carbons (Fsp3) is 0.500. The van der Waals surface area contributed by atoms with Gasteiger partial charge in [0.25, 0.3) is 0 Å². The zero-order valence-corrected chi connectivity index (χ0v) is 11.2. The van der Waals surface area contributed by atoms with Gasteiger partial charge in [-0.25, -0.2) is 4.98 Å². The number of Topliss-reactive ketones (excluding diaryl/α,β-unsaturated/α-hetero) is 1. The lowest BCUT2D eigenvalue weighted by molar-refractivity contribution is -0.116. The molecule has 0 saturated carbocycles. The van der Waals surface area contributed by atoms with Gasteiger partial charge in [0.05, 0.1) is 0 Å². The number of nitrogens with zero attached hydrogens (tertiary/aromatic N) is 1. The van der Waals surface area contributed by atoms with E-state index in [1.165, 1.54) is 0 Å². The summed E-state index contributed by atoms with van der Waals surface area (Å²) in [5.74, 6) is 0.174. The summed E-state index contributed by atoms with van der Waals surface area (Å²) in [6.07, 6.45) is 0.476. The van der Waals surface area contributed by atoms with Crippen molar-refractivity contribution < 1.29 is 4.79 Å². The predicted molar refractivity (Wildman–Crippen MR) is 65.0 cm³/mol. The van der Waals surface area contributed by atoms with Gasteiger partial charge >= 0.3 is 0 Å². The van der Waals surface area contributed by atoms with E-state index in [4.69, 9.17) is 0 Å². The first-order valence-corrected chi connectivity index (χ1v) is 5.75. The minimum Gasteiger partial charge on any atom is -0.300 e. The summed E-state index contributed by atoms with van der Waals surface area (Å²) in [4.78, 5) is 15.5. The van der Waals surface area contributed by atoms with Crippen LogP contribution < -0.4 is 0 Å². The average molecular weight is 270 g/mol. The number of halogens is 1. The van der Waals surface area contributed by atoms with Gasteiger partial charge in [-0.15, -0.1) is 0 Å². The first kappa shape index (κ1) is 12.4. The van der Waals surface area contributed by atoms with Crippen molar-refractivity contribution in [1.82, 2.24) is 4.98 Å². The fourth-order valence-electron chi connectivity index (χ4n) is 1.32. The molecule has 0 bridgehead atoms. The molecular weight excluding hydrogens is 254 g/mol. The summed E-state index contributed by atoms with van der Waals surface area (Å²) in [6.45, 7) is 7.93. The Balaban J connectivity index is 3.11. The molecule has 0 aliphatic carbocycles. The van der Waals surface area contributed by atoms with Crippen molar-refractivity contribution in [3.63, 3.8) is 0 Å². The van der Waals surface area contributed by atoms with Crippen molar-refractivity contribution >= 4 is 21.7 Å². The van der Waals surface area contributed by atoms with Crippen molar-refractivity contribution in [2.75, 3.05) is 0 Å². The molecule has 15 heavy (non-hydrogen) atoms. The van der Waals surface area contributed by atoms with Crippen molar-refractivity contribution in [2.45, 2.75) is 39.5 Å². The van der Waals surface area contributed by atoms with Gasteiger partial charge in [-0.05, 0) is 40.5 Å². The molecule has 0 amide bonds. The molecule has 0 aromatic carbocycles. The summed E-state index contributed by atoms with van der Waals surface area (Å²) in [5, 5.41) is 0. The molecule has 0 spiro atoms. The Labute approximate surface area is 99.2 Å². The van der Waals surface area contributed by atoms with Gasteiger partial charge in [0, 0.05) is 17.5 Å². The summed E-state index contributed by atoms with van der Waals surface area (Å²) in [6, 6.07) is 3.91. The molecule has 1 aromatic rings. The Bertz CT molecular complexity index is 380. The Morgan fingerprint density at radius 1 is 1.40 bits per heavy atom. The Kier molecular flexibility index (Phi) is 3.66. The van der Waals surface area contributed by atoms with Gasteiger partial charge in [-0.3, -0.25) is 4.79 Å². The molecule has 0 N–H and O–H groups in total. The summed E-state index contributed by atoms with van der Waals surface area (Å²) >= 11 is 3.37. The van der Waals surface area contributed by atoms with Crippen molar-refractivity contribution in [3.8, 4) is 0 Å². The van der Waals surface area contributed by atoms with E-state index in [9.17, 15) is 4.79 Å². The van der Waals surface area contributed by atoms with Gasteiger partial charge in [-0.1, -0.05) is 20.8 Å². The van der Waals surface area contributed by atoms with Gasteiger partial charge in [0.1, 0.15) is 10.4 Å². The highest BCUT2D eigenvalue weighted by molar-refractivity contribution is 9.10. The molecule has 0 saturated heterocycles. The number of hydrogen-bond acceptors (Lipinski definition) is 2. The predicted octanol–water partition coefficient (Wildman–Crippen LogP) is 3.27.